The highest BCUT2D eigenvalue weighted by Gasteiger charge is 2.61. The van der Waals surface area contributed by atoms with Gasteiger partial charge >= 0.3 is 0 Å². The lowest BCUT2D eigenvalue weighted by Gasteiger charge is -2.28. The van der Waals surface area contributed by atoms with Crippen LogP contribution in [0, 0.1) is 17.8 Å². The third-order valence-electron chi connectivity index (χ3n) is 5.22. The molecule has 0 radical (unpaired) electrons. The molecule has 1 aliphatic heterocycles. The van der Waals surface area contributed by atoms with E-state index in [4.69, 9.17) is 0 Å². The van der Waals surface area contributed by atoms with Crippen LogP contribution in [0.1, 0.15) is 12.8 Å². The highest BCUT2D eigenvalue weighted by Crippen LogP contribution is 2.56. The molecule has 108 valence electrons. The fourth-order valence-electron chi connectivity index (χ4n) is 4.38. The van der Waals surface area contributed by atoms with Crippen LogP contribution in [0.15, 0.2) is 33.6 Å². The van der Waals surface area contributed by atoms with Crippen LogP contribution in [0.5, 0.6) is 0 Å². The molecule has 1 heterocycles. The maximum atomic E-state index is 12.8. The number of halogens is 1. The Morgan fingerprint density at radius 2 is 1.85 bits per heavy atom. The molecule has 1 aromatic carbocycles. The zero-order valence-electron chi connectivity index (χ0n) is 10.8. The summed E-state index contributed by atoms with van der Waals surface area (Å²) in [5.41, 5.74) is 0. The topological polar surface area (TPSA) is 57.6 Å². The van der Waals surface area contributed by atoms with Gasteiger partial charge in [0.1, 0.15) is 0 Å². The van der Waals surface area contributed by atoms with Gasteiger partial charge in [-0.1, -0.05) is 15.9 Å². The number of hydrogen-bond acceptors (Lipinski definition) is 3. The smallest absolute Gasteiger partial charge is 0.243 e. The number of rotatable bonds is 2. The van der Waals surface area contributed by atoms with Crippen molar-refractivity contribution >= 4 is 26.0 Å². The lowest BCUT2D eigenvalue weighted by molar-refractivity contribution is 0.0731. The van der Waals surface area contributed by atoms with Crippen molar-refractivity contribution < 1.29 is 13.5 Å². The van der Waals surface area contributed by atoms with Crippen LogP contribution in [0.4, 0.5) is 0 Å². The Kier molecular flexibility index (Phi) is 2.84. The van der Waals surface area contributed by atoms with E-state index in [9.17, 15) is 13.5 Å². The van der Waals surface area contributed by atoms with Gasteiger partial charge in [0.15, 0.2) is 0 Å². The van der Waals surface area contributed by atoms with E-state index in [1.54, 1.807) is 28.6 Å². The van der Waals surface area contributed by atoms with Crippen molar-refractivity contribution in [1.82, 2.24) is 4.31 Å². The second kappa shape index (κ2) is 4.29. The fourth-order valence-corrected chi connectivity index (χ4v) is 6.38. The normalized spacial score (nSPS) is 39.6. The van der Waals surface area contributed by atoms with Crippen LogP contribution < -0.4 is 0 Å². The van der Waals surface area contributed by atoms with Gasteiger partial charge in [-0.15, -0.1) is 0 Å². The van der Waals surface area contributed by atoms with Gasteiger partial charge in [0.05, 0.1) is 17.0 Å². The molecule has 0 amide bonds. The van der Waals surface area contributed by atoms with Crippen molar-refractivity contribution in [1.29, 1.82) is 0 Å². The van der Waals surface area contributed by atoms with E-state index in [-0.39, 0.29) is 6.04 Å². The Morgan fingerprint density at radius 3 is 2.50 bits per heavy atom. The summed E-state index contributed by atoms with van der Waals surface area (Å²) in [6.07, 6.45) is 1.49. The van der Waals surface area contributed by atoms with Crippen molar-refractivity contribution in [2.75, 3.05) is 6.54 Å². The van der Waals surface area contributed by atoms with Crippen LogP contribution in [0.2, 0.25) is 0 Å². The summed E-state index contributed by atoms with van der Waals surface area (Å²) in [5.74, 6) is 1.11. The Bertz CT molecular complexity index is 643. The zero-order chi connectivity index (χ0) is 14.1. The third-order valence-corrected chi connectivity index (χ3v) is 7.63. The molecule has 4 nitrogen and oxygen atoms in total. The Balaban J connectivity index is 1.72. The standard InChI is InChI=1S/C14H16BrNO3S/c15-10-1-3-11(4-2-10)20(18,19)16-7-9-5-8-6-12(9)13(16)14(8)17/h1-4,8-9,12-14,17H,5-7H2/t8-,9-,12+,13-,14-/m0/s1. The van der Waals surface area contributed by atoms with E-state index in [0.29, 0.717) is 29.2 Å². The molecule has 2 saturated carbocycles. The summed E-state index contributed by atoms with van der Waals surface area (Å²) in [6, 6.07) is 6.53. The molecule has 0 spiro atoms. The molecule has 2 bridgehead atoms. The minimum Gasteiger partial charge on any atom is -0.391 e. The predicted molar refractivity (Wildman–Crippen MR) is 77.5 cm³/mol. The van der Waals surface area contributed by atoms with Crippen LogP contribution >= 0.6 is 15.9 Å². The molecule has 4 rings (SSSR count). The van der Waals surface area contributed by atoms with E-state index in [0.717, 1.165) is 17.3 Å². The molecule has 3 fully saturated rings. The molecule has 1 N–H and O–H groups in total. The zero-order valence-corrected chi connectivity index (χ0v) is 13.2. The first-order valence-corrected chi connectivity index (χ1v) is 9.17. The van der Waals surface area contributed by atoms with Crippen LogP contribution in [-0.2, 0) is 10.0 Å². The van der Waals surface area contributed by atoms with E-state index in [1.807, 2.05) is 0 Å². The maximum Gasteiger partial charge on any atom is 0.243 e. The highest BCUT2D eigenvalue weighted by molar-refractivity contribution is 9.10. The minimum atomic E-state index is -3.50. The number of sulfonamides is 1. The number of fused-ring (bicyclic) bond motifs is 1. The molecule has 0 unspecified atom stereocenters. The summed E-state index contributed by atoms with van der Waals surface area (Å²) < 4.78 is 28.0. The fraction of sp³-hybridized carbons (Fsp3) is 0.571. The average molecular weight is 358 g/mol. The Labute approximate surface area is 127 Å². The average Bonchev–Trinajstić information content (AvgIpc) is 3.00. The lowest BCUT2D eigenvalue weighted by Crippen LogP contribution is -2.43. The number of benzene rings is 1. The van der Waals surface area contributed by atoms with E-state index >= 15 is 0 Å². The second-order valence-corrected chi connectivity index (χ2v) is 8.97. The minimum absolute atomic E-state index is 0.201. The first kappa shape index (κ1) is 13.2. The largest absolute Gasteiger partial charge is 0.391 e. The SMILES string of the molecule is O=S(=O)(c1ccc(Br)cc1)N1C[C@@H]2C[C@H]3C[C@H]2[C@H]1[C@H]3O. The van der Waals surface area contributed by atoms with Crippen molar-refractivity contribution in [2.24, 2.45) is 17.8 Å². The summed E-state index contributed by atoms with van der Waals surface area (Å²) >= 11 is 3.32. The van der Waals surface area contributed by atoms with Gasteiger partial charge < -0.3 is 5.11 Å². The molecule has 20 heavy (non-hydrogen) atoms. The van der Waals surface area contributed by atoms with Crippen LogP contribution in [0.3, 0.4) is 0 Å². The molecule has 2 aliphatic carbocycles. The lowest BCUT2D eigenvalue weighted by atomic mass is 9.88. The highest BCUT2D eigenvalue weighted by atomic mass is 79.9. The van der Waals surface area contributed by atoms with E-state index in [2.05, 4.69) is 15.9 Å². The van der Waals surface area contributed by atoms with Crippen molar-refractivity contribution in [3.05, 3.63) is 28.7 Å². The molecular formula is C14H16BrNO3S. The number of aliphatic hydroxyl groups is 1. The van der Waals surface area contributed by atoms with Crippen molar-refractivity contribution in [2.45, 2.75) is 29.9 Å². The first-order chi connectivity index (χ1) is 9.48. The van der Waals surface area contributed by atoms with Gasteiger partial charge in [-0.05, 0) is 54.9 Å². The number of aliphatic hydroxyl groups excluding tert-OH is 1. The number of nitrogens with zero attached hydrogens (tertiary/aromatic N) is 1. The third kappa shape index (κ3) is 1.68. The Hall–Kier alpha value is -0.430. The maximum absolute atomic E-state index is 12.8. The van der Waals surface area contributed by atoms with E-state index < -0.39 is 16.1 Å². The molecule has 6 heteroatoms. The van der Waals surface area contributed by atoms with Crippen LogP contribution in [-0.4, -0.2) is 36.5 Å². The summed E-state index contributed by atoms with van der Waals surface area (Å²) in [7, 11) is -3.50. The van der Waals surface area contributed by atoms with Crippen LogP contribution in [0.25, 0.3) is 0 Å². The Morgan fingerprint density at radius 1 is 1.15 bits per heavy atom. The first-order valence-electron chi connectivity index (χ1n) is 6.94. The van der Waals surface area contributed by atoms with Crippen molar-refractivity contribution in [3.8, 4) is 0 Å². The molecule has 5 atom stereocenters. The van der Waals surface area contributed by atoms with Gasteiger partial charge in [-0.2, -0.15) is 4.31 Å². The summed E-state index contributed by atoms with van der Waals surface area (Å²) in [4.78, 5) is 0.317. The summed E-state index contributed by atoms with van der Waals surface area (Å²) in [5, 5.41) is 10.3. The van der Waals surface area contributed by atoms with Gasteiger partial charge in [0.2, 0.25) is 10.0 Å². The van der Waals surface area contributed by atoms with Crippen molar-refractivity contribution in [3.63, 3.8) is 0 Å². The molecular weight excluding hydrogens is 342 g/mol. The summed E-state index contributed by atoms with van der Waals surface area (Å²) in [6.45, 7) is 0.571. The monoisotopic (exact) mass is 357 g/mol. The van der Waals surface area contributed by atoms with E-state index in [1.165, 1.54) is 0 Å². The van der Waals surface area contributed by atoms with Gasteiger partial charge in [-0.3, -0.25) is 0 Å². The molecule has 0 aromatic heterocycles. The quantitative estimate of drug-likeness (QED) is 0.878. The number of hydrogen-bond donors (Lipinski definition) is 1. The predicted octanol–water partition coefficient (Wildman–Crippen LogP) is 1.84. The van der Waals surface area contributed by atoms with Gasteiger partial charge in [-0.25, -0.2) is 8.42 Å². The van der Waals surface area contributed by atoms with Gasteiger partial charge in [0.25, 0.3) is 0 Å². The molecule has 1 saturated heterocycles. The second-order valence-electron chi connectivity index (χ2n) is 6.17. The van der Waals surface area contributed by atoms with Gasteiger partial charge in [0, 0.05) is 11.0 Å². The molecule has 3 aliphatic rings. The molecule has 1 aromatic rings.